The molecule has 0 N–H and O–H groups in total. The van der Waals surface area contributed by atoms with E-state index in [1.807, 2.05) is 24.3 Å². The number of rotatable bonds is 2. The van der Waals surface area contributed by atoms with Crippen LogP contribution in [0.1, 0.15) is 18.1 Å². The van der Waals surface area contributed by atoms with Crippen LogP contribution in [0, 0.1) is 6.92 Å². The van der Waals surface area contributed by atoms with Crippen molar-refractivity contribution in [3.8, 4) is 11.3 Å². The van der Waals surface area contributed by atoms with Gasteiger partial charge in [0.1, 0.15) is 0 Å². The van der Waals surface area contributed by atoms with E-state index in [1.165, 1.54) is 5.56 Å². The molecular weight excluding hydrogens is 204 g/mol. The van der Waals surface area contributed by atoms with Gasteiger partial charge in [-0.25, -0.2) is 0 Å². The zero-order valence-corrected chi connectivity index (χ0v) is 10.1. The van der Waals surface area contributed by atoms with Gasteiger partial charge in [-0.05, 0) is 24.1 Å². The van der Waals surface area contributed by atoms with Crippen molar-refractivity contribution < 1.29 is 0 Å². The maximum absolute atomic E-state index is 5.81. The maximum Gasteiger partial charge on any atom is 0.0704 e. The van der Waals surface area contributed by atoms with Gasteiger partial charge in [-0.15, -0.1) is 0 Å². The van der Waals surface area contributed by atoms with Gasteiger partial charge in [-0.3, -0.25) is 4.98 Å². The Bertz CT molecular complexity index is 512. The molecule has 0 saturated heterocycles. The summed E-state index contributed by atoms with van der Waals surface area (Å²) in [4.78, 5) is 4.42. The fourth-order valence-electron chi connectivity index (χ4n) is 1.73. The van der Waals surface area contributed by atoms with Gasteiger partial charge < -0.3 is 0 Å². The monoisotopic (exact) mass is 217 g/mol. The molecule has 2 aromatic rings. The van der Waals surface area contributed by atoms with Crippen molar-refractivity contribution in [2.24, 2.45) is 0 Å². The predicted molar refractivity (Wildman–Crippen MR) is 73.3 cm³/mol. The quantitative estimate of drug-likeness (QED) is 0.704. The molecule has 0 spiro atoms. The molecule has 0 aliphatic rings. The zero-order valence-electron chi connectivity index (χ0n) is 10.1. The van der Waals surface area contributed by atoms with Crippen LogP contribution in [0.3, 0.4) is 0 Å². The lowest BCUT2D eigenvalue weighted by molar-refractivity contribution is 0.958. The second-order valence-corrected chi connectivity index (χ2v) is 4.53. The summed E-state index contributed by atoms with van der Waals surface area (Å²) in [7, 11) is 11.6. The zero-order chi connectivity index (χ0) is 12.5. The van der Waals surface area contributed by atoms with Gasteiger partial charge >= 0.3 is 0 Å². The first kappa shape index (κ1) is 12.0. The number of nitrogens with zero attached hydrogens (tertiary/aromatic N) is 1. The molecular formula is C14H13B2N. The third kappa shape index (κ3) is 2.60. The molecule has 0 fully saturated rings. The summed E-state index contributed by atoms with van der Waals surface area (Å²) >= 11 is 0. The number of aromatic nitrogens is 1. The minimum atomic E-state index is -0.836. The summed E-state index contributed by atoms with van der Waals surface area (Å²) in [6.45, 7) is 3.83. The highest BCUT2D eigenvalue weighted by Crippen LogP contribution is 2.23. The maximum atomic E-state index is 5.81. The Hall–Kier alpha value is -1.50. The van der Waals surface area contributed by atoms with Crippen LogP contribution in [0.4, 0.5) is 0 Å². The number of hydrogen-bond acceptors (Lipinski definition) is 1. The van der Waals surface area contributed by atoms with Gasteiger partial charge in [-0.1, -0.05) is 42.5 Å². The lowest BCUT2D eigenvalue weighted by atomic mass is 9.53. The first-order valence-corrected chi connectivity index (χ1v) is 5.59. The molecule has 1 aromatic carbocycles. The normalized spacial score (nSPS) is 11.4. The largest absolute Gasteiger partial charge is 0.256 e. The van der Waals surface area contributed by atoms with E-state index in [9.17, 15) is 0 Å². The van der Waals surface area contributed by atoms with Crippen molar-refractivity contribution >= 4 is 15.7 Å². The lowest BCUT2D eigenvalue weighted by Crippen LogP contribution is -2.21. The molecule has 0 bridgehead atoms. The van der Waals surface area contributed by atoms with E-state index in [2.05, 4.69) is 24.0 Å². The van der Waals surface area contributed by atoms with Crippen LogP contribution in [0.15, 0.2) is 42.6 Å². The van der Waals surface area contributed by atoms with Crippen molar-refractivity contribution in [1.29, 1.82) is 0 Å². The molecule has 2 rings (SSSR count). The lowest BCUT2D eigenvalue weighted by Gasteiger charge is -2.19. The third-order valence-corrected chi connectivity index (χ3v) is 2.81. The van der Waals surface area contributed by atoms with Gasteiger partial charge in [0.25, 0.3) is 0 Å². The number of pyridine rings is 1. The van der Waals surface area contributed by atoms with E-state index in [4.69, 9.17) is 15.7 Å². The van der Waals surface area contributed by atoms with Crippen molar-refractivity contribution in [1.82, 2.24) is 4.98 Å². The highest BCUT2D eigenvalue weighted by atomic mass is 14.7. The molecule has 17 heavy (non-hydrogen) atoms. The van der Waals surface area contributed by atoms with E-state index < -0.39 is 5.21 Å². The van der Waals surface area contributed by atoms with Gasteiger partial charge in [0.05, 0.1) is 21.4 Å². The van der Waals surface area contributed by atoms with Crippen LogP contribution in [0.25, 0.3) is 11.3 Å². The van der Waals surface area contributed by atoms with E-state index in [-0.39, 0.29) is 0 Å². The molecule has 80 valence electrons. The Morgan fingerprint density at radius 1 is 1.06 bits per heavy atom. The summed E-state index contributed by atoms with van der Waals surface area (Å²) in [6.07, 6.45) is 1.74. The minimum Gasteiger partial charge on any atom is -0.256 e. The summed E-state index contributed by atoms with van der Waals surface area (Å²) < 4.78 is 0. The minimum absolute atomic E-state index is 0.829. The fraction of sp³-hybridized carbons (Fsp3) is 0.214. The van der Waals surface area contributed by atoms with Crippen LogP contribution < -0.4 is 0 Å². The van der Waals surface area contributed by atoms with Crippen molar-refractivity contribution in [3.63, 3.8) is 0 Å². The molecule has 1 aromatic heterocycles. The first-order valence-electron chi connectivity index (χ1n) is 5.59. The number of aryl methyl sites for hydroxylation is 1. The molecule has 0 unspecified atom stereocenters. The van der Waals surface area contributed by atoms with Gasteiger partial charge in [0.2, 0.25) is 0 Å². The van der Waals surface area contributed by atoms with Crippen LogP contribution in [-0.4, -0.2) is 20.7 Å². The molecule has 1 nitrogen and oxygen atoms in total. The Balaban J connectivity index is 2.40. The Kier molecular flexibility index (Phi) is 3.10. The molecule has 0 aliphatic carbocycles. The molecule has 0 aliphatic heterocycles. The third-order valence-electron chi connectivity index (χ3n) is 2.81. The predicted octanol–water partition coefficient (Wildman–Crippen LogP) is 2.57. The molecule has 0 atom stereocenters. The van der Waals surface area contributed by atoms with E-state index in [1.54, 1.807) is 13.1 Å². The van der Waals surface area contributed by atoms with Gasteiger partial charge in [0, 0.05) is 11.8 Å². The average molecular weight is 217 g/mol. The van der Waals surface area contributed by atoms with Gasteiger partial charge in [0.15, 0.2) is 0 Å². The SMILES string of the molecule is [B]C([B])(C)c1ccc(-c2ccccc2C)nc1. The van der Waals surface area contributed by atoms with Gasteiger partial charge in [-0.2, -0.15) is 0 Å². The van der Waals surface area contributed by atoms with Crippen molar-refractivity contribution in [2.45, 2.75) is 19.1 Å². The first-order chi connectivity index (χ1) is 7.98. The Morgan fingerprint density at radius 2 is 1.76 bits per heavy atom. The van der Waals surface area contributed by atoms with Crippen molar-refractivity contribution in [2.75, 3.05) is 0 Å². The highest BCUT2D eigenvalue weighted by Gasteiger charge is 2.13. The average Bonchev–Trinajstić information content (AvgIpc) is 2.29. The summed E-state index contributed by atoms with van der Waals surface area (Å²) in [5.74, 6) is 0. The molecule has 3 heteroatoms. The Morgan fingerprint density at radius 3 is 2.29 bits per heavy atom. The number of benzene rings is 1. The molecule has 0 saturated carbocycles. The standard InChI is InChI=1S/C14H13B2N/c1-10-5-3-4-6-12(10)13-8-7-11(9-17-13)14(2,15)16/h3-9H,1-2H3. The van der Waals surface area contributed by atoms with Crippen LogP contribution in [0.2, 0.25) is 0 Å². The summed E-state index contributed by atoms with van der Waals surface area (Å²) in [6, 6.07) is 12.0. The van der Waals surface area contributed by atoms with E-state index >= 15 is 0 Å². The van der Waals surface area contributed by atoms with E-state index in [0.717, 1.165) is 16.8 Å². The molecule has 0 amide bonds. The number of hydrogen-bond donors (Lipinski definition) is 0. The van der Waals surface area contributed by atoms with E-state index in [0.29, 0.717) is 0 Å². The molecule has 4 radical (unpaired) electrons. The van der Waals surface area contributed by atoms with Crippen molar-refractivity contribution in [3.05, 3.63) is 53.7 Å². The van der Waals surface area contributed by atoms with Crippen LogP contribution in [0.5, 0.6) is 0 Å². The van der Waals surface area contributed by atoms with Crippen LogP contribution in [-0.2, 0) is 5.21 Å². The Labute approximate surface area is 105 Å². The topological polar surface area (TPSA) is 12.9 Å². The summed E-state index contributed by atoms with van der Waals surface area (Å²) in [5, 5.41) is -0.836. The summed E-state index contributed by atoms with van der Waals surface area (Å²) in [5.41, 5.74) is 4.11. The highest BCUT2D eigenvalue weighted by molar-refractivity contribution is 6.39. The molecule has 1 heterocycles. The smallest absolute Gasteiger partial charge is 0.0704 e. The van der Waals surface area contributed by atoms with Crippen LogP contribution >= 0.6 is 0 Å². The second-order valence-electron chi connectivity index (χ2n) is 4.53. The second kappa shape index (κ2) is 4.40. The fourth-order valence-corrected chi connectivity index (χ4v) is 1.73.